The molecule has 0 atom stereocenters. The van der Waals surface area contributed by atoms with Crippen LogP contribution >= 0.6 is 0 Å². The Bertz CT molecular complexity index is 1090. The van der Waals surface area contributed by atoms with Crippen molar-refractivity contribution < 1.29 is 23.5 Å². The summed E-state index contributed by atoms with van der Waals surface area (Å²) in [4.78, 5) is 26.8. The molecular formula is C23H23N3O5. The van der Waals surface area contributed by atoms with Crippen LogP contribution in [0, 0.1) is 0 Å². The maximum atomic E-state index is 12.6. The van der Waals surface area contributed by atoms with E-state index in [1.807, 2.05) is 18.2 Å². The molecule has 2 N–H and O–H groups in total. The van der Waals surface area contributed by atoms with Crippen LogP contribution in [0.1, 0.15) is 21.7 Å². The van der Waals surface area contributed by atoms with Crippen molar-refractivity contribution in [3.63, 3.8) is 0 Å². The fourth-order valence-electron chi connectivity index (χ4n) is 3.55. The molecule has 2 aromatic carbocycles. The second-order valence-corrected chi connectivity index (χ2v) is 7.08. The largest absolute Gasteiger partial charge is 0.497 e. The Balaban J connectivity index is 1.44. The van der Waals surface area contributed by atoms with Gasteiger partial charge in [0.2, 0.25) is 0 Å². The van der Waals surface area contributed by atoms with Gasteiger partial charge in [-0.1, -0.05) is 6.07 Å². The summed E-state index contributed by atoms with van der Waals surface area (Å²) in [5.41, 5.74) is 3.31. The Morgan fingerprint density at radius 3 is 2.61 bits per heavy atom. The van der Waals surface area contributed by atoms with Gasteiger partial charge >= 0.3 is 6.03 Å². The molecule has 0 fully saturated rings. The van der Waals surface area contributed by atoms with Crippen LogP contribution in [0.25, 0.3) is 0 Å². The number of nitrogens with one attached hydrogen (secondary N) is 2. The molecule has 0 radical (unpaired) electrons. The monoisotopic (exact) mass is 421 g/mol. The van der Waals surface area contributed by atoms with Crippen molar-refractivity contribution in [1.29, 1.82) is 0 Å². The highest BCUT2D eigenvalue weighted by molar-refractivity contribution is 6.00. The van der Waals surface area contributed by atoms with Crippen molar-refractivity contribution in [1.82, 2.24) is 4.90 Å². The van der Waals surface area contributed by atoms with E-state index in [1.165, 1.54) is 13.4 Å². The quantitative estimate of drug-likeness (QED) is 0.646. The van der Waals surface area contributed by atoms with E-state index in [-0.39, 0.29) is 5.91 Å². The number of hydrogen-bond donors (Lipinski definition) is 2. The number of carbonyl (C=O) groups excluding carboxylic acids is 2. The van der Waals surface area contributed by atoms with E-state index >= 15 is 0 Å². The predicted molar refractivity (Wildman–Crippen MR) is 116 cm³/mol. The molecule has 8 heteroatoms. The van der Waals surface area contributed by atoms with Crippen molar-refractivity contribution in [3.05, 3.63) is 71.7 Å². The molecule has 1 aliphatic heterocycles. The lowest BCUT2D eigenvalue weighted by Crippen LogP contribution is -2.35. The number of urea groups is 1. The van der Waals surface area contributed by atoms with E-state index in [2.05, 4.69) is 10.6 Å². The number of hydrogen-bond acceptors (Lipinski definition) is 5. The number of carbonyl (C=O) groups is 2. The van der Waals surface area contributed by atoms with E-state index < -0.39 is 6.03 Å². The molecule has 8 nitrogen and oxygen atoms in total. The molecule has 0 unspecified atom stereocenters. The number of rotatable bonds is 5. The Morgan fingerprint density at radius 1 is 1.00 bits per heavy atom. The molecule has 0 spiro atoms. The van der Waals surface area contributed by atoms with Crippen molar-refractivity contribution in [3.8, 4) is 11.5 Å². The van der Waals surface area contributed by atoms with Gasteiger partial charge in [0.15, 0.2) is 5.76 Å². The summed E-state index contributed by atoms with van der Waals surface area (Å²) in [6.07, 6.45) is 2.24. The first-order valence-electron chi connectivity index (χ1n) is 9.82. The van der Waals surface area contributed by atoms with Gasteiger partial charge in [0, 0.05) is 24.8 Å². The standard InChI is InChI=1S/C23H23N3O5/c1-29-18-7-8-19(21(13-18)30-2)25-23(28)24-17-6-5-15-9-10-26(14-16(15)12-17)22(27)20-4-3-11-31-20/h3-8,11-13H,9-10,14H2,1-2H3,(H2,24,25,28). The predicted octanol–water partition coefficient (Wildman–Crippen LogP) is 4.14. The van der Waals surface area contributed by atoms with Crippen LogP contribution in [0.2, 0.25) is 0 Å². The molecule has 0 saturated carbocycles. The number of anilines is 2. The second kappa shape index (κ2) is 8.83. The number of furan rings is 1. The molecular weight excluding hydrogens is 398 g/mol. The fourth-order valence-corrected chi connectivity index (χ4v) is 3.55. The summed E-state index contributed by atoms with van der Waals surface area (Å²) in [6.45, 7) is 1.08. The molecule has 31 heavy (non-hydrogen) atoms. The van der Waals surface area contributed by atoms with Crippen LogP contribution in [0.15, 0.2) is 59.2 Å². The van der Waals surface area contributed by atoms with Gasteiger partial charge in [-0.05, 0) is 53.9 Å². The lowest BCUT2D eigenvalue weighted by molar-refractivity contribution is 0.0702. The molecule has 1 aromatic heterocycles. The Labute approximate surface area is 179 Å². The summed E-state index contributed by atoms with van der Waals surface area (Å²) in [7, 11) is 3.09. The molecule has 1 aliphatic rings. The maximum Gasteiger partial charge on any atom is 0.323 e. The third-order valence-electron chi connectivity index (χ3n) is 5.15. The maximum absolute atomic E-state index is 12.6. The molecule has 3 aromatic rings. The third-order valence-corrected chi connectivity index (χ3v) is 5.15. The van der Waals surface area contributed by atoms with Crippen LogP contribution in [0.5, 0.6) is 11.5 Å². The first-order valence-corrected chi connectivity index (χ1v) is 9.82. The molecule has 0 aliphatic carbocycles. The summed E-state index contributed by atoms with van der Waals surface area (Å²) in [6, 6.07) is 13.8. The van der Waals surface area contributed by atoms with Crippen LogP contribution < -0.4 is 20.1 Å². The summed E-state index contributed by atoms with van der Waals surface area (Å²) < 4.78 is 15.7. The fraction of sp³-hybridized carbons (Fsp3) is 0.217. The second-order valence-electron chi connectivity index (χ2n) is 7.08. The van der Waals surface area contributed by atoms with Gasteiger partial charge < -0.3 is 29.4 Å². The minimum atomic E-state index is -0.400. The van der Waals surface area contributed by atoms with Gasteiger partial charge in [0.25, 0.3) is 5.91 Å². The van der Waals surface area contributed by atoms with Crippen molar-refractivity contribution in [2.24, 2.45) is 0 Å². The number of methoxy groups -OCH3 is 2. The number of benzene rings is 2. The van der Waals surface area contributed by atoms with E-state index in [1.54, 1.807) is 42.3 Å². The summed E-state index contributed by atoms with van der Waals surface area (Å²) in [5, 5.41) is 5.61. The van der Waals surface area contributed by atoms with E-state index in [9.17, 15) is 9.59 Å². The van der Waals surface area contributed by atoms with Crippen LogP contribution in [-0.4, -0.2) is 37.6 Å². The van der Waals surface area contributed by atoms with Gasteiger partial charge in [-0.15, -0.1) is 0 Å². The Hall–Kier alpha value is -3.94. The first kappa shape index (κ1) is 20.3. The van der Waals surface area contributed by atoms with Gasteiger partial charge in [0.1, 0.15) is 11.5 Å². The lowest BCUT2D eigenvalue weighted by Gasteiger charge is -2.28. The number of fused-ring (bicyclic) bond motifs is 1. The Morgan fingerprint density at radius 2 is 1.87 bits per heavy atom. The summed E-state index contributed by atoms with van der Waals surface area (Å²) >= 11 is 0. The SMILES string of the molecule is COc1ccc(NC(=O)Nc2ccc3c(c2)CN(C(=O)c2ccco2)CC3)c(OC)c1. The summed E-state index contributed by atoms with van der Waals surface area (Å²) in [5.74, 6) is 1.31. The molecule has 4 rings (SSSR count). The van der Waals surface area contributed by atoms with Gasteiger partial charge in [-0.3, -0.25) is 4.79 Å². The third kappa shape index (κ3) is 4.48. The highest BCUT2D eigenvalue weighted by Crippen LogP contribution is 2.29. The molecule has 2 heterocycles. The first-order chi connectivity index (χ1) is 15.1. The smallest absolute Gasteiger partial charge is 0.323 e. The normalized spacial score (nSPS) is 12.6. The van der Waals surface area contributed by atoms with E-state index in [4.69, 9.17) is 13.9 Å². The number of nitrogens with zero attached hydrogens (tertiary/aromatic N) is 1. The molecule has 160 valence electrons. The topological polar surface area (TPSA) is 93.0 Å². The average Bonchev–Trinajstić information content (AvgIpc) is 3.33. The number of amides is 3. The van der Waals surface area contributed by atoms with Crippen molar-refractivity contribution >= 4 is 23.3 Å². The molecule has 0 bridgehead atoms. The minimum absolute atomic E-state index is 0.140. The van der Waals surface area contributed by atoms with Gasteiger partial charge in [-0.25, -0.2) is 4.79 Å². The number of ether oxygens (including phenoxy) is 2. The Kier molecular flexibility index (Phi) is 5.79. The lowest BCUT2D eigenvalue weighted by atomic mass is 9.99. The zero-order valence-corrected chi connectivity index (χ0v) is 17.3. The highest BCUT2D eigenvalue weighted by atomic mass is 16.5. The van der Waals surface area contributed by atoms with Crippen LogP contribution in [0.3, 0.4) is 0 Å². The van der Waals surface area contributed by atoms with Crippen molar-refractivity contribution in [2.75, 3.05) is 31.4 Å². The van der Waals surface area contributed by atoms with Gasteiger partial charge in [0.05, 0.1) is 26.2 Å². The minimum Gasteiger partial charge on any atom is -0.497 e. The van der Waals surface area contributed by atoms with Gasteiger partial charge in [-0.2, -0.15) is 0 Å². The van der Waals surface area contributed by atoms with E-state index in [0.717, 1.165) is 17.5 Å². The van der Waals surface area contributed by atoms with Crippen LogP contribution in [-0.2, 0) is 13.0 Å². The average molecular weight is 421 g/mol. The highest BCUT2D eigenvalue weighted by Gasteiger charge is 2.23. The molecule has 0 saturated heterocycles. The molecule has 3 amide bonds. The zero-order valence-electron chi connectivity index (χ0n) is 17.3. The van der Waals surface area contributed by atoms with Crippen molar-refractivity contribution in [2.45, 2.75) is 13.0 Å². The van der Waals surface area contributed by atoms with E-state index in [0.29, 0.717) is 41.7 Å². The van der Waals surface area contributed by atoms with Crippen LogP contribution in [0.4, 0.5) is 16.2 Å². The zero-order chi connectivity index (χ0) is 21.8.